The molecule has 0 saturated carbocycles. The van der Waals surface area contributed by atoms with Crippen molar-refractivity contribution in [3.63, 3.8) is 0 Å². The van der Waals surface area contributed by atoms with Gasteiger partial charge in [-0.25, -0.2) is 14.3 Å². The number of imide groups is 1. The van der Waals surface area contributed by atoms with Gasteiger partial charge in [0.05, 0.1) is 24.5 Å². The smallest absolute Gasteiger partial charge is 0.338 e. The van der Waals surface area contributed by atoms with E-state index in [1.165, 1.54) is 23.1 Å². The van der Waals surface area contributed by atoms with Crippen molar-refractivity contribution in [2.45, 2.75) is 13.8 Å². The van der Waals surface area contributed by atoms with E-state index in [2.05, 4.69) is 26.2 Å². The Morgan fingerprint density at radius 1 is 1.00 bits per heavy atom. The average Bonchev–Trinajstić information content (AvgIpc) is 3.34. The van der Waals surface area contributed by atoms with Gasteiger partial charge >= 0.3 is 12.0 Å². The fraction of sp³-hybridized carbons (Fsp3) is 0.238. The van der Waals surface area contributed by atoms with Crippen molar-refractivity contribution in [1.82, 2.24) is 25.5 Å². The van der Waals surface area contributed by atoms with Crippen molar-refractivity contribution in [2.75, 3.05) is 25.1 Å². The van der Waals surface area contributed by atoms with Gasteiger partial charge in [0.2, 0.25) is 0 Å². The summed E-state index contributed by atoms with van der Waals surface area (Å²) >= 11 is 0. The summed E-state index contributed by atoms with van der Waals surface area (Å²) < 4.78 is 17.3. The van der Waals surface area contributed by atoms with Gasteiger partial charge in [0, 0.05) is 11.8 Å². The molecule has 33 heavy (non-hydrogen) atoms. The Morgan fingerprint density at radius 2 is 1.79 bits per heavy atom. The van der Waals surface area contributed by atoms with Crippen LogP contribution in [0.3, 0.4) is 0 Å². The van der Waals surface area contributed by atoms with Crippen molar-refractivity contribution >= 4 is 23.6 Å². The first kappa shape index (κ1) is 23.2. The van der Waals surface area contributed by atoms with Gasteiger partial charge in [-0.2, -0.15) is 0 Å². The van der Waals surface area contributed by atoms with Gasteiger partial charge in [-0.05, 0) is 54.6 Å². The van der Waals surface area contributed by atoms with Gasteiger partial charge in [0.25, 0.3) is 5.91 Å². The number of amides is 3. The highest BCUT2D eigenvalue weighted by atomic mass is 16.5. The molecule has 0 radical (unpaired) electrons. The van der Waals surface area contributed by atoms with E-state index < -0.39 is 24.5 Å². The summed E-state index contributed by atoms with van der Waals surface area (Å²) in [6, 6.07) is 10.4. The normalized spacial score (nSPS) is 10.2. The minimum Gasteiger partial charge on any atom is -0.490 e. The average molecular weight is 454 g/mol. The van der Waals surface area contributed by atoms with Crippen LogP contribution in [0.2, 0.25) is 0 Å². The number of nitrogens with zero attached hydrogens (tertiary/aromatic N) is 4. The highest BCUT2D eigenvalue weighted by Crippen LogP contribution is 2.30. The van der Waals surface area contributed by atoms with Gasteiger partial charge in [0.1, 0.15) is 6.33 Å². The Hall–Kier alpha value is -4.48. The molecule has 3 aromatic rings. The van der Waals surface area contributed by atoms with Gasteiger partial charge in [-0.1, -0.05) is 6.07 Å². The fourth-order valence-corrected chi connectivity index (χ4v) is 2.72. The van der Waals surface area contributed by atoms with Gasteiger partial charge in [-0.15, -0.1) is 5.10 Å². The quantitative estimate of drug-likeness (QED) is 0.463. The van der Waals surface area contributed by atoms with Gasteiger partial charge in [-0.3, -0.25) is 10.1 Å². The summed E-state index contributed by atoms with van der Waals surface area (Å²) in [5, 5.41) is 15.4. The first-order chi connectivity index (χ1) is 16.0. The van der Waals surface area contributed by atoms with Crippen LogP contribution in [0.5, 0.6) is 11.5 Å². The van der Waals surface area contributed by atoms with Crippen molar-refractivity contribution in [2.24, 2.45) is 0 Å². The molecule has 1 aromatic heterocycles. The summed E-state index contributed by atoms with van der Waals surface area (Å²) in [7, 11) is 0. The molecular weight excluding hydrogens is 432 g/mol. The van der Waals surface area contributed by atoms with Gasteiger partial charge in [0.15, 0.2) is 18.1 Å². The molecule has 0 aliphatic carbocycles. The van der Waals surface area contributed by atoms with Crippen molar-refractivity contribution in [3.05, 3.63) is 54.4 Å². The second-order valence-corrected chi connectivity index (χ2v) is 6.41. The molecular formula is C21H22N6O6. The zero-order valence-corrected chi connectivity index (χ0v) is 18.0. The number of anilines is 1. The van der Waals surface area contributed by atoms with E-state index in [0.29, 0.717) is 36.1 Å². The van der Waals surface area contributed by atoms with E-state index in [1.807, 2.05) is 13.8 Å². The molecule has 0 unspecified atom stereocenters. The molecule has 1 heterocycles. The lowest BCUT2D eigenvalue weighted by Gasteiger charge is -2.13. The number of carbonyl (C=O) groups excluding carboxylic acids is 3. The molecule has 0 spiro atoms. The number of urea groups is 1. The van der Waals surface area contributed by atoms with E-state index >= 15 is 0 Å². The lowest BCUT2D eigenvalue weighted by atomic mass is 10.2. The number of aromatic nitrogens is 4. The molecule has 3 rings (SSSR count). The van der Waals surface area contributed by atoms with E-state index in [1.54, 1.807) is 30.3 Å². The van der Waals surface area contributed by atoms with E-state index in [0.717, 1.165) is 0 Å². The Labute approximate surface area is 188 Å². The first-order valence-electron chi connectivity index (χ1n) is 10.0. The summed E-state index contributed by atoms with van der Waals surface area (Å²) in [5.41, 5.74) is 1.13. The van der Waals surface area contributed by atoms with Crippen molar-refractivity contribution in [1.29, 1.82) is 0 Å². The van der Waals surface area contributed by atoms with Crippen LogP contribution < -0.4 is 20.1 Å². The number of benzene rings is 2. The van der Waals surface area contributed by atoms with E-state index in [-0.39, 0.29) is 5.56 Å². The molecule has 0 saturated heterocycles. The molecule has 2 aromatic carbocycles. The van der Waals surface area contributed by atoms with E-state index in [4.69, 9.17) is 14.2 Å². The van der Waals surface area contributed by atoms with Crippen LogP contribution in [-0.4, -0.2) is 57.9 Å². The number of tetrazole rings is 1. The van der Waals surface area contributed by atoms with Crippen LogP contribution in [0.4, 0.5) is 10.5 Å². The third kappa shape index (κ3) is 6.50. The minimum atomic E-state index is -0.798. The van der Waals surface area contributed by atoms with Crippen LogP contribution in [0.25, 0.3) is 5.69 Å². The lowest BCUT2D eigenvalue weighted by Crippen LogP contribution is -2.37. The second-order valence-electron chi connectivity index (χ2n) is 6.41. The Bertz CT molecular complexity index is 1120. The van der Waals surface area contributed by atoms with Crippen LogP contribution >= 0.6 is 0 Å². The van der Waals surface area contributed by atoms with Crippen molar-refractivity contribution < 1.29 is 28.6 Å². The molecule has 12 nitrogen and oxygen atoms in total. The lowest BCUT2D eigenvalue weighted by molar-refractivity contribution is -0.123. The minimum absolute atomic E-state index is 0.193. The monoisotopic (exact) mass is 454 g/mol. The summed E-state index contributed by atoms with van der Waals surface area (Å²) in [6.07, 6.45) is 1.37. The highest BCUT2D eigenvalue weighted by Gasteiger charge is 2.14. The number of hydrogen-bond donors (Lipinski definition) is 2. The maximum Gasteiger partial charge on any atom is 0.338 e. The molecule has 172 valence electrons. The Kier molecular flexibility index (Phi) is 7.89. The van der Waals surface area contributed by atoms with Crippen LogP contribution in [0.15, 0.2) is 48.8 Å². The van der Waals surface area contributed by atoms with Crippen LogP contribution in [0, 0.1) is 0 Å². The summed E-state index contributed by atoms with van der Waals surface area (Å²) in [6.45, 7) is 3.90. The molecule has 0 fully saturated rings. The Morgan fingerprint density at radius 3 is 2.52 bits per heavy atom. The molecule has 0 aliphatic heterocycles. The van der Waals surface area contributed by atoms with Crippen LogP contribution in [-0.2, 0) is 9.53 Å². The predicted molar refractivity (Wildman–Crippen MR) is 115 cm³/mol. The molecule has 0 bridgehead atoms. The Balaban J connectivity index is 1.52. The number of ether oxygens (including phenoxy) is 3. The third-order valence-corrected chi connectivity index (χ3v) is 4.08. The maximum atomic E-state index is 12.2. The largest absolute Gasteiger partial charge is 0.490 e. The van der Waals surface area contributed by atoms with Gasteiger partial charge < -0.3 is 19.5 Å². The molecule has 2 N–H and O–H groups in total. The fourth-order valence-electron chi connectivity index (χ4n) is 2.72. The number of hydrogen-bond acceptors (Lipinski definition) is 9. The number of carbonyl (C=O) groups is 3. The summed E-state index contributed by atoms with van der Waals surface area (Å²) in [5.74, 6) is -0.541. The van der Waals surface area contributed by atoms with Crippen LogP contribution in [0.1, 0.15) is 24.2 Å². The maximum absolute atomic E-state index is 12.2. The topological polar surface area (TPSA) is 147 Å². The highest BCUT2D eigenvalue weighted by molar-refractivity contribution is 6.02. The molecule has 3 amide bonds. The molecule has 12 heteroatoms. The number of nitrogens with one attached hydrogen (secondary N) is 2. The summed E-state index contributed by atoms with van der Waals surface area (Å²) in [4.78, 5) is 36.4. The third-order valence-electron chi connectivity index (χ3n) is 4.08. The predicted octanol–water partition coefficient (Wildman–Crippen LogP) is 1.96. The molecule has 0 atom stereocenters. The zero-order valence-electron chi connectivity index (χ0n) is 18.0. The first-order valence-corrected chi connectivity index (χ1v) is 10.0. The number of rotatable bonds is 9. The van der Waals surface area contributed by atoms with Crippen molar-refractivity contribution in [3.8, 4) is 17.2 Å². The van der Waals surface area contributed by atoms with E-state index in [9.17, 15) is 14.4 Å². The molecule has 0 aliphatic rings. The second kappa shape index (κ2) is 11.2. The number of esters is 1. The zero-order chi connectivity index (χ0) is 23.6. The standard InChI is InChI=1S/C21H22N6O6/c1-3-31-17-9-8-15(11-18(17)32-4-2)23-21(30)24-19(28)12-33-20(29)14-6-5-7-16(10-14)27-13-22-25-26-27/h5-11,13H,3-4,12H2,1-2H3,(H2,23,24,28,30). The SMILES string of the molecule is CCOc1ccc(NC(=O)NC(=O)COC(=O)c2cccc(-n3cnnn3)c2)cc1OCC.